The van der Waals surface area contributed by atoms with E-state index in [9.17, 15) is 9.59 Å². The molecule has 0 saturated carbocycles. The third-order valence-electron chi connectivity index (χ3n) is 7.34. The highest BCUT2D eigenvalue weighted by atomic mass is 35.5. The van der Waals surface area contributed by atoms with Gasteiger partial charge in [-0.25, -0.2) is 0 Å². The molecule has 0 spiro atoms. The molecule has 0 radical (unpaired) electrons. The van der Waals surface area contributed by atoms with Crippen molar-refractivity contribution in [3.63, 3.8) is 0 Å². The molecule has 174 valence electrons. The number of hydrogen-bond donors (Lipinski definition) is 0. The molecule has 2 aromatic carbocycles. The van der Waals surface area contributed by atoms with Crippen molar-refractivity contribution in [3.05, 3.63) is 69.7 Å². The molecule has 0 aliphatic carbocycles. The van der Waals surface area contributed by atoms with Crippen molar-refractivity contribution in [2.75, 3.05) is 32.7 Å². The Morgan fingerprint density at radius 1 is 0.970 bits per heavy atom. The first-order valence-electron chi connectivity index (χ1n) is 12.1. The fourth-order valence-corrected chi connectivity index (χ4v) is 5.92. The van der Waals surface area contributed by atoms with Gasteiger partial charge in [-0.05, 0) is 66.5 Å². The maximum Gasteiger partial charge on any atom is 0.254 e. The highest BCUT2D eigenvalue weighted by molar-refractivity contribution is 6.30. The molecule has 2 bridgehead atoms. The third-order valence-corrected chi connectivity index (χ3v) is 7.59. The number of carbonyl (C=O) groups is 2. The average Bonchev–Trinajstić information content (AvgIpc) is 3.20. The molecule has 5 nitrogen and oxygen atoms in total. The fraction of sp³-hybridized carbons (Fsp3) is 0.481. The molecule has 33 heavy (non-hydrogen) atoms. The Bertz CT molecular complexity index is 1020. The molecule has 2 aromatic rings. The standard InChI is InChI=1S/C27H32ClN3O2/c1-19-4-5-21(16-30-10-2-3-26(30)32)12-25(19)27(33)31-17-22-11-23(18-31)15-29(14-22)13-20-6-8-24(28)9-7-20/h4-9,12,22-23H,2-3,10-11,13-18H2,1H3. The summed E-state index contributed by atoms with van der Waals surface area (Å²) in [6.07, 6.45) is 2.78. The van der Waals surface area contributed by atoms with E-state index < -0.39 is 0 Å². The number of halogens is 1. The van der Waals surface area contributed by atoms with Gasteiger partial charge in [-0.2, -0.15) is 0 Å². The molecule has 2 atom stereocenters. The Morgan fingerprint density at radius 2 is 1.67 bits per heavy atom. The minimum absolute atomic E-state index is 0.142. The maximum atomic E-state index is 13.5. The van der Waals surface area contributed by atoms with Gasteiger partial charge in [0.2, 0.25) is 5.91 Å². The predicted molar refractivity (Wildman–Crippen MR) is 130 cm³/mol. The van der Waals surface area contributed by atoms with E-state index in [1.54, 1.807) is 0 Å². The second-order valence-electron chi connectivity index (χ2n) is 10.1. The number of carbonyl (C=O) groups excluding carboxylic acids is 2. The van der Waals surface area contributed by atoms with Gasteiger partial charge in [0.05, 0.1) is 0 Å². The molecule has 3 fully saturated rings. The van der Waals surface area contributed by atoms with Crippen LogP contribution in [0.4, 0.5) is 0 Å². The number of piperidine rings is 2. The molecule has 0 N–H and O–H groups in total. The molecule has 3 aliphatic heterocycles. The van der Waals surface area contributed by atoms with Crippen molar-refractivity contribution in [3.8, 4) is 0 Å². The van der Waals surface area contributed by atoms with Crippen LogP contribution in [0.2, 0.25) is 5.02 Å². The number of likely N-dealkylation sites (tertiary alicyclic amines) is 3. The van der Waals surface area contributed by atoms with Crippen LogP contribution in [-0.4, -0.2) is 59.2 Å². The molecule has 3 heterocycles. The summed E-state index contributed by atoms with van der Waals surface area (Å²) in [6, 6.07) is 14.2. The Morgan fingerprint density at radius 3 is 2.33 bits per heavy atom. The largest absolute Gasteiger partial charge is 0.338 e. The van der Waals surface area contributed by atoms with Crippen LogP contribution in [0, 0.1) is 18.8 Å². The summed E-state index contributed by atoms with van der Waals surface area (Å²) in [7, 11) is 0. The molecule has 3 aliphatic rings. The fourth-order valence-electron chi connectivity index (χ4n) is 5.79. The van der Waals surface area contributed by atoms with Gasteiger partial charge in [-0.3, -0.25) is 14.5 Å². The van der Waals surface area contributed by atoms with Crippen LogP contribution in [-0.2, 0) is 17.9 Å². The van der Waals surface area contributed by atoms with Gasteiger partial charge in [0, 0.05) is 62.8 Å². The smallest absolute Gasteiger partial charge is 0.254 e. The average molecular weight is 466 g/mol. The lowest BCUT2D eigenvalue weighted by molar-refractivity contribution is -0.128. The summed E-state index contributed by atoms with van der Waals surface area (Å²) < 4.78 is 0. The molecule has 2 unspecified atom stereocenters. The van der Waals surface area contributed by atoms with Gasteiger partial charge in [0.25, 0.3) is 5.91 Å². The highest BCUT2D eigenvalue weighted by Gasteiger charge is 2.36. The van der Waals surface area contributed by atoms with E-state index in [2.05, 4.69) is 28.0 Å². The van der Waals surface area contributed by atoms with E-state index in [0.717, 1.165) is 67.4 Å². The van der Waals surface area contributed by atoms with Crippen molar-refractivity contribution in [2.45, 2.75) is 39.3 Å². The minimum Gasteiger partial charge on any atom is -0.338 e. The van der Waals surface area contributed by atoms with Crippen molar-refractivity contribution in [1.82, 2.24) is 14.7 Å². The molecule has 3 saturated heterocycles. The van der Waals surface area contributed by atoms with Crippen LogP contribution in [0.3, 0.4) is 0 Å². The maximum absolute atomic E-state index is 13.5. The van der Waals surface area contributed by atoms with E-state index in [-0.39, 0.29) is 11.8 Å². The predicted octanol–water partition coefficient (Wildman–Crippen LogP) is 4.36. The molecular formula is C27H32ClN3O2. The van der Waals surface area contributed by atoms with E-state index in [1.165, 1.54) is 12.0 Å². The quantitative estimate of drug-likeness (QED) is 0.658. The van der Waals surface area contributed by atoms with Gasteiger partial charge in [-0.1, -0.05) is 35.9 Å². The lowest BCUT2D eigenvalue weighted by Gasteiger charge is -2.46. The van der Waals surface area contributed by atoms with E-state index in [1.807, 2.05) is 36.1 Å². The number of hydrogen-bond acceptors (Lipinski definition) is 3. The van der Waals surface area contributed by atoms with Crippen LogP contribution in [0.5, 0.6) is 0 Å². The van der Waals surface area contributed by atoms with Crippen LogP contribution in [0.1, 0.15) is 46.3 Å². The van der Waals surface area contributed by atoms with Crippen LogP contribution < -0.4 is 0 Å². The number of fused-ring (bicyclic) bond motifs is 2. The zero-order valence-electron chi connectivity index (χ0n) is 19.3. The summed E-state index contributed by atoms with van der Waals surface area (Å²) in [4.78, 5) is 32.1. The number of rotatable bonds is 5. The van der Waals surface area contributed by atoms with Gasteiger partial charge in [0.15, 0.2) is 0 Å². The Labute approximate surface area is 201 Å². The topological polar surface area (TPSA) is 43.9 Å². The lowest BCUT2D eigenvalue weighted by atomic mass is 9.84. The SMILES string of the molecule is Cc1ccc(CN2CCCC2=O)cc1C(=O)N1CC2CC(CN(Cc3ccc(Cl)cc3)C2)C1. The Balaban J connectivity index is 1.24. The number of benzene rings is 2. The summed E-state index contributed by atoms with van der Waals surface area (Å²) in [5, 5.41) is 0.773. The monoisotopic (exact) mass is 465 g/mol. The molecular weight excluding hydrogens is 434 g/mol. The zero-order chi connectivity index (χ0) is 22.9. The Kier molecular flexibility index (Phi) is 6.44. The summed E-state index contributed by atoms with van der Waals surface area (Å²) in [5.74, 6) is 1.39. The molecule has 6 heteroatoms. The van der Waals surface area contributed by atoms with Crippen molar-refractivity contribution in [1.29, 1.82) is 0 Å². The number of amides is 2. The lowest BCUT2D eigenvalue weighted by Crippen LogP contribution is -2.53. The van der Waals surface area contributed by atoms with Crippen molar-refractivity contribution >= 4 is 23.4 Å². The van der Waals surface area contributed by atoms with Crippen molar-refractivity contribution in [2.24, 2.45) is 11.8 Å². The molecule has 5 rings (SSSR count). The van der Waals surface area contributed by atoms with E-state index in [0.29, 0.717) is 24.8 Å². The van der Waals surface area contributed by atoms with E-state index >= 15 is 0 Å². The number of aryl methyl sites for hydroxylation is 1. The molecule has 0 aromatic heterocycles. The normalized spacial score (nSPS) is 23.3. The first kappa shape index (κ1) is 22.4. The summed E-state index contributed by atoms with van der Waals surface area (Å²) in [5.41, 5.74) is 4.13. The van der Waals surface area contributed by atoms with Gasteiger partial charge >= 0.3 is 0 Å². The second kappa shape index (κ2) is 9.47. The summed E-state index contributed by atoms with van der Waals surface area (Å²) in [6.45, 7) is 8.06. The first-order chi connectivity index (χ1) is 15.9. The minimum atomic E-state index is 0.142. The molecule has 2 amide bonds. The van der Waals surface area contributed by atoms with Crippen LogP contribution >= 0.6 is 11.6 Å². The Hall–Kier alpha value is -2.37. The zero-order valence-corrected chi connectivity index (χ0v) is 20.1. The highest BCUT2D eigenvalue weighted by Crippen LogP contribution is 2.31. The third kappa shape index (κ3) is 5.10. The van der Waals surface area contributed by atoms with E-state index in [4.69, 9.17) is 11.6 Å². The first-order valence-corrected chi connectivity index (χ1v) is 12.5. The van der Waals surface area contributed by atoms with Gasteiger partial charge in [0.1, 0.15) is 0 Å². The van der Waals surface area contributed by atoms with Crippen LogP contribution in [0.15, 0.2) is 42.5 Å². The van der Waals surface area contributed by atoms with Crippen molar-refractivity contribution < 1.29 is 9.59 Å². The second-order valence-corrected chi connectivity index (χ2v) is 10.5. The van der Waals surface area contributed by atoms with Gasteiger partial charge < -0.3 is 9.80 Å². The summed E-state index contributed by atoms with van der Waals surface area (Å²) >= 11 is 6.03. The van der Waals surface area contributed by atoms with Gasteiger partial charge in [-0.15, -0.1) is 0 Å². The number of nitrogens with zero attached hydrogens (tertiary/aromatic N) is 3. The van der Waals surface area contributed by atoms with Crippen LogP contribution in [0.25, 0.3) is 0 Å².